The molecule has 3 aromatic rings. The van der Waals surface area contributed by atoms with E-state index in [1.807, 2.05) is 37.3 Å². The summed E-state index contributed by atoms with van der Waals surface area (Å²) < 4.78 is 18.6. The number of benzene rings is 2. The number of nitrogens with one attached hydrogen (secondary N) is 1. The largest absolute Gasteiger partial charge is 0.441 e. The molecule has 1 N–H and O–H groups in total. The number of nitrogens with zero attached hydrogens (tertiary/aromatic N) is 1. The van der Waals surface area contributed by atoms with Crippen molar-refractivity contribution in [3.8, 4) is 11.5 Å². The van der Waals surface area contributed by atoms with Crippen molar-refractivity contribution in [3.63, 3.8) is 0 Å². The maximum absolute atomic E-state index is 12.8. The highest BCUT2D eigenvalue weighted by Gasteiger charge is 2.10. The van der Waals surface area contributed by atoms with Crippen molar-refractivity contribution in [2.24, 2.45) is 0 Å². The van der Waals surface area contributed by atoms with Gasteiger partial charge in [0.2, 0.25) is 5.89 Å². The zero-order valence-electron chi connectivity index (χ0n) is 13.1. The van der Waals surface area contributed by atoms with Gasteiger partial charge in [0.15, 0.2) is 0 Å². The van der Waals surface area contributed by atoms with Crippen LogP contribution in [0.1, 0.15) is 17.0 Å². The molecule has 0 spiro atoms. The number of hydrogen-bond donors (Lipinski definition) is 1. The molecule has 0 bridgehead atoms. The van der Waals surface area contributed by atoms with E-state index in [1.54, 1.807) is 12.1 Å². The molecule has 2 aromatic carbocycles. The van der Waals surface area contributed by atoms with E-state index >= 15 is 0 Å². The minimum atomic E-state index is -0.208. The highest BCUT2D eigenvalue weighted by Crippen LogP contribution is 2.21. The third kappa shape index (κ3) is 4.05. The van der Waals surface area contributed by atoms with Crippen LogP contribution in [0.2, 0.25) is 0 Å². The number of halogens is 1. The zero-order chi connectivity index (χ0) is 16.1. The van der Waals surface area contributed by atoms with Crippen LogP contribution in [0.3, 0.4) is 0 Å². The molecule has 118 valence electrons. The van der Waals surface area contributed by atoms with Gasteiger partial charge < -0.3 is 9.73 Å². The van der Waals surface area contributed by atoms with Crippen molar-refractivity contribution in [1.29, 1.82) is 0 Å². The molecule has 0 unspecified atom stereocenters. The minimum Gasteiger partial charge on any atom is -0.441 e. The quantitative estimate of drug-likeness (QED) is 0.696. The van der Waals surface area contributed by atoms with Crippen molar-refractivity contribution >= 4 is 0 Å². The Morgan fingerprint density at radius 2 is 1.78 bits per heavy atom. The van der Waals surface area contributed by atoms with Gasteiger partial charge in [0.1, 0.15) is 11.6 Å². The van der Waals surface area contributed by atoms with Crippen LogP contribution in [0, 0.1) is 12.7 Å². The van der Waals surface area contributed by atoms with Gasteiger partial charge in [-0.25, -0.2) is 9.37 Å². The van der Waals surface area contributed by atoms with Gasteiger partial charge in [-0.2, -0.15) is 0 Å². The number of aryl methyl sites for hydroxylation is 1. The Bertz CT molecular complexity index is 751. The first-order chi connectivity index (χ1) is 11.2. The first-order valence-corrected chi connectivity index (χ1v) is 7.69. The van der Waals surface area contributed by atoms with Crippen molar-refractivity contribution in [3.05, 3.63) is 77.4 Å². The molecule has 0 atom stereocenters. The van der Waals surface area contributed by atoms with Crippen LogP contribution < -0.4 is 5.32 Å². The Kier molecular flexibility index (Phi) is 4.83. The van der Waals surface area contributed by atoms with Crippen LogP contribution in [0.5, 0.6) is 0 Å². The lowest BCUT2D eigenvalue weighted by molar-refractivity contribution is 0.538. The van der Waals surface area contributed by atoms with Gasteiger partial charge in [0, 0.05) is 25.1 Å². The van der Waals surface area contributed by atoms with Gasteiger partial charge in [-0.05, 0) is 36.8 Å². The van der Waals surface area contributed by atoms with Crippen molar-refractivity contribution in [1.82, 2.24) is 10.3 Å². The highest BCUT2D eigenvalue weighted by molar-refractivity contribution is 5.53. The van der Waals surface area contributed by atoms with Crippen molar-refractivity contribution in [2.45, 2.75) is 19.9 Å². The number of rotatable bonds is 6. The normalized spacial score (nSPS) is 10.9. The van der Waals surface area contributed by atoms with Crippen LogP contribution in [0.4, 0.5) is 4.39 Å². The van der Waals surface area contributed by atoms with Crippen LogP contribution >= 0.6 is 0 Å². The first kappa shape index (κ1) is 15.4. The summed E-state index contributed by atoms with van der Waals surface area (Å²) in [5.74, 6) is 1.31. The maximum atomic E-state index is 12.8. The molecule has 0 aliphatic rings. The predicted octanol–water partition coefficient (Wildman–Crippen LogP) is 4.12. The Balaban J connectivity index is 1.54. The van der Waals surface area contributed by atoms with Crippen molar-refractivity contribution in [2.75, 3.05) is 6.54 Å². The molecule has 3 rings (SSSR count). The standard InChI is InChI=1S/C19H19FN2O/c1-14-18(22-19(23-14)16-5-3-2-4-6-16)11-12-21-13-15-7-9-17(20)10-8-15/h2-10,21H,11-13H2,1H3. The fourth-order valence-corrected chi connectivity index (χ4v) is 2.41. The van der Waals surface area contributed by atoms with Gasteiger partial charge in [0.25, 0.3) is 0 Å². The third-order valence-corrected chi connectivity index (χ3v) is 3.69. The summed E-state index contributed by atoms with van der Waals surface area (Å²) in [5, 5.41) is 3.34. The van der Waals surface area contributed by atoms with E-state index < -0.39 is 0 Å². The molecule has 1 heterocycles. The van der Waals surface area contributed by atoms with Crippen LogP contribution in [-0.2, 0) is 13.0 Å². The van der Waals surface area contributed by atoms with Gasteiger partial charge in [-0.1, -0.05) is 30.3 Å². The summed E-state index contributed by atoms with van der Waals surface area (Å²) in [4.78, 5) is 4.58. The SMILES string of the molecule is Cc1oc(-c2ccccc2)nc1CCNCc1ccc(F)cc1. The fraction of sp³-hybridized carbons (Fsp3) is 0.211. The molecule has 3 nitrogen and oxygen atoms in total. The summed E-state index contributed by atoms with van der Waals surface area (Å²) >= 11 is 0. The average molecular weight is 310 g/mol. The summed E-state index contributed by atoms with van der Waals surface area (Å²) in [6.45, 7) is 3.44. The Morgan fingerprint density at radius 1 is 1.04 bits per heavy atom. The predicted molar refractivity (Wildman–Crippen MR) is 88.5 cm³/mol. The Morgan fingerprint density at radius 3 is 2.52 bits per heavy atom. The van der Waals surface area contributed by atoms with Crippen LogP contribution in [-0.4, -0.2) is 11.5 Å². The van der Waals surface area contributed by atoms with E-state index in [2.05, 4.69) is 10.3 Å². The molecule has 0 saturated carbocycles. The zero-order valence-corrected chi connectivity index (χ0v) is 13.1. The molecular formula is C19H19FN2O. The highest BCUT2D eigenvalue weighted by atomic mass is 19.1. The first-order valence-electron chi connectivity index (χ1n) is 7.69. The second kappa shape index (κ2) is 7.20. The van der Waals surface area contributed by atoms with Crippen LogP contribution in [0.15, 0.2) is 59.0 Å². The fourth-order valence-electron chi connectivity index (χ4n) is 2.41. The van der Waals surface area contributed by atoms with Gasteiger partial charge in [-0.15, -0.1) is 0 Å². The maximum Gasteiger partial charge on any atom is 0.226 e. The molecule has 1 aromatic heterocycles. The number of aromatic nitrogens is 1. The van der Waals surface area contributed by atoms with E-state index in [9.17, 15) is 4.39 Å². The Hall–Kier alpha value is -2.46. The molecule has 0 radical (unpaired) electrons. The third-order valence-electron chi connectivity index (χ3n) is 3.69. The van der Waals surface area contributed by atoms with Crippen molar-refractivity contribution < 1.29 is 8.81 Å². The molecule has 23 heavy (non-hydrogen) atoms. The molecular weight excluding hydrogens is 291 g/mol. The Labute approximate surface area is 135 Å². The summed E-state index contributed by atoms with van der Waals surface area (Å²) in [5.41, 5.74) is 3.02. The monoisotopic (exact) mass is 310 g/mol. The molecule has 4 heteroatoms. The molecule has 0 saturated heterocycles. The molecule has 0 fully saturated rings. The average Bonchev–Trinajstić information content (AvgIpc) is 2.95. The molecule has 0 aliphatic heterocycles. The van der Waals surface area contributed by atoms with E-state index in [4.69, 9.17) is 4.42 Å². The smallest absolute Gasteiger partial charge is 0.226 e. The second-order valence-electron chi connectivity index (χ2n) is 5.44. The van der Waals surface area contributed by atoms with E-state index in [0.717, 1.165) is 35.5 Å². The molecule has 0 amide bonds. The number of oxazole rings is 1. The summed E-state index contributed by atoms with van der Waals surface area (Å²) in [6, 6.07) is 16.4. The lowest BCUT2D eigenvalue weighted by Gasteiger charge is -2.03. The summed E-state index contributed by atoms with van der Waals surface area (Å²) in [7, 11) is 0. The van der Waals surface area contributed by atoms with Gasteiger partial charge >= 0.3 is 0 Å². The topological polar surface area (TPSA) is 38.1 Å². The second-order valence-corrected chi connectivity index (χ2v) is 5.44. The van der Waals surface area contributed by atoms with E-state index in [1.165, 1.54) is 12.1 Å². The minimum absolute atomic E-state index is 0.208. The van der Waals surface area contributed by atoms with Gasteiger partial charge in [-0.3, -0.25) is 0 Å². The van der Waals surface area contributed by atoms with E-state index in [-0.39, 0.29) is 5.82 Å². The number of hydrogen-bond acceptors (Lipinski definition) is 3. The lowest BCUT2D eigenvalue weighted by Crippen LogP contribution is -2.17. The molecule has 0 aliphatic carbocycles. The van der Waals surface area contributed by atoms with Gasteiger partial charge in [0.05, 0.1) is 5.69 Å². The lowest BCUT2D eigenvalue weighted by atomic mass is 10.2. The van der Waals surface area contributed by atoms with Crippen LogP contribution in [0.25, 0.3) is 11.5 Å². The van der Waals surface area contributed by atoms with E-state index in [0.29, 0.717) is 12.4 Å². The summed E-state index contributed by atoms with van der Waals surface area (Å²) in [6.07, 6.45) is 0.795.